The first-order valence-corrected chi connectivity index (χ1v) is 8.58. The second-order valence-corrected chi connectivity index (χ2v) is 6.96. The molecule has 5 nitrogen and oxygen atoms in total. The van der Waals surface area contributed by atoms with E-state index in [0.29, 0.717) is 18.7 Å². The van der Waals surface area contributed by atoms with E-state index in [1.807, 2.05) is 0 Å². The molecule has 0 spiro atoms. The highest BCUT2D eigenvalue weighted by molar-refractivity contribution is 7.92. The van der Waals surface area contributed by atoms with Gasteiger partial charge in [-0.2, -0.15) is 31.4 Å². The molecule has 2 rings (SSSR count). The highest BCUT2D eigenvalue weighted by atomic mass is 32.2. The molecule has 0 unspecified atom stereocenters. The number of benzene rings is 1. The van der Waals surface area contributed by atoms with Crippen LogP contribution in [0, 0.1) is 6.92 Å². The Kier molecular flexibility index (Phi) is 5.01. The molecular weight excluding hydrogens is 388 g/mol. The Morgan fingerprint density at radius 3 is 1.92 bits per heavy atom. The fourth-order valence-corrected chi connectivity index (χ4v) is 3.45. The topological polar surface area (TPSA) is 64.0 Å². The van der Waals surface area contributed by atoms with E-state index in [-0.39, 0.29) is 16.7 Å². The van der Waals surface area contributed by atoms with Crippen molar-refractivity contribution >= 4 is 15.7 Å². The van der Waals surface area contributed by atoms with Gasteiger partial charge in [0.2, 0.25) is 0 Å². The van der Waals surface area contributed by atoms with Crippen LogP contribution in [0.4, 0.5) is 32.0 Å². The van der Waals surface area contributed by atoms with Crippen LogP contribution in [0.15, 0.2) is 29.3 Å². The van der Waals surface area contributed by atoms with E-state index in [4.69, 9.17) is 0 Å². The van der Waals surface area contributed by atoms with Gasteiger partial charge in [-0.15, -0.1) is 0 Å². The Labute approximate surface area is 144 Å². The van der Waals surface area contributed by atoms with Crippen molar-refractivity contribution in [3.8, 4) is 0 Å². The lowest BCUT2D eigenvalue weighted by atomic mass is 10.1. The summed E-state index contributed by atoms with van der Waals surface area (Å²) in [6.45, 7) is 3.44. The van der Waals surface area contributed by atoms with Gasteiger partial charge in [0.25, 0.3) is 10.0 Å². The van der Waals surface area contributed by atoms with Gasteiger partial charge in [0, 0.05) is 6.54 Å². The lowest BCUT2D eigenvalue weighted by molar-refractivity contribution is -0.143. The van der Waals surface area contributed by atoms with Gasteiger partial charge in [0.15, 0.2) is 0 Å². The number of hydrogen-bond donors (Lipinski definition) is 1. The van der Waals surface area contributed by atoms with Crippen LogP contribution in [0.3, 0.4) is 0 Å². The first-order valence-electron chi connectivity index (χ1n) is 7.10. The Bertz CT molecular complexity index is 883. The third-order valence-electron chi connectivity index (χ3n) is 3.49. The molecule has 2 aromatic rings. The molecule has 0 radical (unpaired) electrons. The molecule has 0 aliphatic heterocycles. The van der Waals surface area contributed by atoms with E-state index in [0.717, 1.165) is 6.20 Å². The molecule has 0 atom stereocenters. The maximum atomic E-state index is 12.8. The van der Waals surface area contributed by atoms with Crippen LogP contribution in [0.5, 0.6) is 0 Å². The number of nitrogens with zero attached hydrogens (tertiary/aromatic N) is 2. The van der Waals surface area contributed by atoms with Gasteiger partial charge in [-0.1, -0.05) is 0 Å². The van der Waals surface area contributed by atoms with E-state index in [9.17, 15) is 34.8 Å². The van der Waals surface area contributed by atoms with Crippen molar-refractivity contribution in [1.29, 1.82) is 0 Å². The summed E-state index contributed by atoms with van der Waals surface area (Å²) < 4.78 is 105. The van der Waals surface area contributed by atoms with E-state index in [2.05, 4.69) is 5.10 Å². The maximum absolute atomic E-state index is 12.8. The quantitative estimate of drug-likeness (QED) is 0.787. The second kappa shape index (κ2) is 6.49. The zero-order valence-electron chi connectivity index (χ0n) is 13.4. The summed E-state index contributed by atoms with van der Waals surface area (Å²) in [4.78, 5) is -0.342. The van der Waals surface area contributed by atoms with Gasteiger partial charge in [0.05, 0.1) is 28.7 Å². The predicted octanol–water partition coefficient (Wildman–Crippen LogP) is 4.05. The number of halogens is 6. The molecule has 0 aliphatic rings. The van der Waals surface area contributed by atoms with Crippen molar-refractivity contribution in [2.24, 2.45) is 0 Å². The Morgan fingerprint density at radius 2 is 1.54 bits per heavy atom. The standard InChI is InChI=1S/C14H13F6N3O2S/c1-3-23-8(2)12(7-21-23)26(24,25)22-11-5-9(13(15,16)17)4-10(6-11)14(18,19)20/h4-7,22H,3H2,1-2H3. The van der Waals surface area contributed by atoms with Crippen LogP contribution < -0.4 is 4.72 Å². The molecule has 1 aromatic carbocycles. The van der Waals surface area contributed by atoms with Crippen molar-refractivity contribution in [2.75, 3.05) is 4.72 Å². The molecule has 0 amide bonds. The number of aromatic nitrogens is 2. The smallest absolute Gasteiger partial charge is 0.279 e. The largest absolute Gasteiger partial charge is 0.416 e. The summed E-state index contributed by atoms with van der Waals surface area (Å²) in [7, 11) is -4.43. The number of aryl methyl sites for hydroxylation is 1. The average molecular weight is 401 g/mol. The first-order chi connectivity index (χ1) is 11.8. The van der Waals surface area contributed by atoms with Gasteiger partial charge in [-0.3, -0.25) is 9.40 Å². The van der Waals surface area contributed by atoms with Crippen molar-refractivity contribution in [3.63, 3.8) is 0 Å². The maximum Gasteiger partial charge on any atom is 0.416 e. The minimum atomic E-state index is -5.08. The van der Waals surface area contributed by atoms with Crippen LogP contribution in [-0.2, 0) is 28.9 Å². The summed E-state index contributed by atoms with van der Waals surface area (Å²) in [5, 5.41) is 3.79. The molecule has 0 fully saturated rings. The zero-order valence-corrected chi connectivity index (χ0v) is 14.2. The first kappa shape index (κ1) is 20.1. The molecular formula is C14H13F6N3O2S. The Hall–Kier alpha value is -2.24. The van der Waals surface area contributed by atoms with Crippen LogP contribution in [0.2, 0.25) is 0 Å². The van der Waals surface area contributed by atoms with Gasteiger partial charge >= 0.3 is 12.4 Å². The van der Waals surface area contributed by atoms with Crippen LogP contribution in [-0.4, -0.2) is 18.2 Å². The molecule has 0 saturated heterocycles. The van der Waals surface area contributed by atoms with Crippen molar-refractivity contribution < 1.29 is 34.8 Å². The van der Waals surface area contributed by atoms with Gasteiger partial charge in [-0.05, 0) is 32.0 Å². The van der Waals surface area contributed by atoms with E-state index in [1.165, 1.54) is 11.6 Å². The molecule has 0 aliphatic carbocycles. The predicted molar refractivity (Wildman–Crippen MR) is 79.9 cm³/mol. The highest BCUT2D eigenvalue weighted by Crippen LogP contribution is 2.38. The molecule has 1 N–H and O–H groups in total. The Morgan fingerprint density at radius 1 is 1.04 bits per heavy atom. The minimum Gasteiger partial charge on any atom is -0.279 e. The van der Waals surface area contributed by atoms with Crippen molar-refractivity contribution in [1.82, 2.24) is 9.78 Å². The number of alkyl halides is 6. The fourth-order valence-electron chi connectivity index (χ4n) is 2.24. The van der Waals surface area contributed by atoms with E-state index in [1.54, 1.807) is 11.6 Å². The molecule has 144 valence electrons. The van der Waals surface area contributed by atoms with Gasteiger partial charge in [0.1, 0.15) is 4.90 Å². The van der Waals surface area contributed by atoms with Crippen molar-refractivity contribution in [3.05, 3.63) is 41.2 Å². The number of sulfonamides is 1. The number of anilines is 1. The van der Waals surface area contributed by atoms with Gasteiger partial charge < -0.3 is 0 Å². The molecule has 0 saturated carbocycles. The second-order valence-electron chi connectivity index (χ2n) is 5.31. The third-order valence-corrected chi connectivity index (χ3v) is 4.97. The van der Waals surface area contributed by atoms with Crippen LogP contribution in [0.1, 0.15) is 23.7 Å². The van der Waals surface area contributed by atoms with E-state index < -0.39 is 39.2 Å². The summed E-state index contributed by atoms with van der Waals surface area (Å²) in [5.74, 6) is 0. The van der Waals surface area contributed by atoms with Crippen LogP contribution in [0.25, 0.3) is 0 Å². The number of hydrogen-bond acceptors (Lipinski definition) is 3. The lowest BCUT2D eigenvalue weighted by Crippen LogP contribution is -2.17. The Balaban J connectivity index is 2.52. The lowest BCUT2D eigenvalue weighted by Gasteiger charge is -2.15. The molecule has 1 aromatic heterocycles. The average Bonchev–Trinajstić information content (AvgIpc) is 2.86. The van der Waals surface area contributed by atoms with E-state index >= 15 is 0 Å². The summed E-state index contributed by atoms with van der Waals surface area (Å²) in [6, 6.07) is 0.511. The summed E-state index contributed by atoms with van der Waals surface area (Å²) >= 11 is 0. The zero-order chi connectivity index (χ0) is 19.9. The molecule has 0 bridgehead atoms. The molecule has 1 heterocycles. The summed E-state index contributed by atoms with van der Waals surface area (Å²) in [6.07, 6.45) is -9.19. The number of nitrogens with one attached hydrogen (secondary N) is 1. The number of rotatable bonds is 4. The molecule has 26 heavy (non-hydrogen) atoms. The summed E-state index contributed by atoms with van der Waals surface area (Å²) in [5.41, 5.74) is -3.89. The van der Waals surface area contributed by atoms with Crippen LogP contribution >= 0.6 is 0 Å². The SMILES string of the molecule is CCn1ncc(S(=O)(=O)Nc2cc(C(F)(F)F)cc(C(F)(F)F)c2)c1C. The normalized spacial score (nSPS) is 13.1. The highest BCUT2D eigenvalue weighted by Gasteiger charge is 2.37. The van der Waals surface area contributed by atoms with Gasteiger partial charge in [-0.25, -0.2) is 8.42 Å². The monoisotopic (exact) mass is 401 g/mol. The fraction of sp³-hybridized carbons (Fsp3) is 0.357. The third kappa shape index (κ3) is 4.11. The molecule has 12 heteroatoms. The minimum absolute atomic E-state index is 0.0852. The van der Waals surface area contributed by atoms with Crippen molar-refractivity contribution in [2.45, 2.75) is 37.6 Å².